The summed E-state index contributed by atoms with van der Waals surface area (Å²) in [5.41, 5.74) is 0.478. The number of halogens is 2. The molecule has 90 valence electrons. The molecule has 1 N–H and O–H groups in total. The molecule has 0 amide bonds. The van der Waals surface area contributed by atoms with Gasteiger partial charge in [0.25, 0.3) is 0 Å². The van der Waals surface area contributed by atoms with Crippen molar-refractivity contribution >= 4 is 21.7 Å². The first-order chi connectivity index (χ1) is 8.15. The summed E-state index contributed by atoms with van der Waals surface area (Å²) >= 11 is 3.13. The number of Topliss-reactive ketones (excluding diaryl/α,β-unsaturated/α-hetero) is 1. The Labute approximate surface area is 108 Å². The van der Waals surface area contributed by atoms with Crippen LogP contribution in [0.25, 0.3) is 0 Å². The van der Waals surface area contributed by atoms with Crippen LogP contribution in [0.5, 0.6) is 0 Å². The highest BCUT2D eigenvalue weighted by Gasteiger charge is 2.47. The van der Waals surface area contributed by atoms with E-state index in [9.17, 15) is 9.18 Å². The minimum atomic E-state index is -0.316. The summed E-state index contributed by atoms with van der Waals surface area (Å²) in [6.07, 6.45) is 2.32. The number of fused-ring (bicyclic) bond motifs is 1. The molecule has 1 aliphatic heterocycles. The van der Waals surface area contributed by atoms with Crippen LogP contribution in [0.15, 0.2) is 22.7 Å². The predicted octanol–water partition coefficient (Wildman–Crippen LogP) is 2.45. The number of carbonyl (C=O) groups excluding carboxylic acids is 1. The van der Waals surface area contributed by atoms with Crippen LogP contribution < -0.4 is 5.32 Å². The van der Waals surface area contributed by atoms with Gasteiger partial charge in [0.1, 0.15) is 5.82 Å². The van der Waals surface area contributed by atoms with Gasteiger partial charge in [0, 0.05) is 12.5 Å². The highest BCUT2D eigenvalue weighted by atomic mass is 79.9. The van der Waals surface area contributed by atoms with Crippen molar-refractivity contribution in [2.45, 2.75) is 31.3 Å². The molecule has 0 spiro atoms. The molecule has 0 bridgehead atoms. The Morgan fingerprint density at radius 3 is 3.00 bits per heavy atom. The summed E-state index contributed by atoms with van der Waals surface area (Å²) in [5, 5.41) is 3.30. The second kappa shape index (κ2) is 4.18. The van der Waals surface area contributed by atoms with Crippen LogP contribution in [0.1, 0.15) is 18.4 Å². The normalized spacial score (nSPS) is 30.1. The summed E-state index contributed by atoms with van der Waals surface area (Å²) < 4.78 is 14.1. The Morgan fingerprint density at radius 1 is 1.47 bits per heavy atom. The molecule has 1 heterocycles. The monoisotopic (exact) mass is 297 g/mol. The fourth-order valence-corrected chi connectivity index (χ4v) is 2.97. The molecule has 3 rings (SSSR count). The molecule has 3 atom stereocenters. The van der Waals surface area contributed by atoms with E-state index < -0.39 is 0 Å². The molecule has 1 saturated carbocycles. The Kier molecular flexibility index (Phi) is 2.79. The molecule has 4 heteroatoms. The molecule has 1 saturated heterocycles. The molecular formula is C13H13BrFNO. The lowest BCUT2D eigenvalue weighted by Crippen LogP contribution is -2.35. The van der Waals surface area contributed by atoms with Gasteiger partial charge in [0.2, 0.25) is 0 Å². The number of rotatable bonds is 3. The standard InChI is InChI=1S/C13H13BrFNO/c14-9-3-1-2-7(13(9)15)6-12(17)11-5-8-4-10(8)16-11/h1-3,8,10-11,16H,4-6H2/t8-,10-,11+/m1/s1. The van der Waals surface area contributed by atoms with Crippen molar-refractivity contribution in [1.82, 2.24) is 5.32 Å². The molecule has 0 unspecified atom stereocenters. The van der Waals surface area contributed by atoms with E-state index in [1.807, 2.05) is 0 Å². The van der Waals surface area contributed by atoms with Gasteiger partial charge in [-0.3, -0.25) is 4.79 Å². The highest BCUT2D eigenvalue weighted by Crippen LogP contribution is 2.41. The predicted molar refractivity (Wildman–Crippen MR) is 66.2 cm³/mol. The summed E-state index contributed by atoms with van der Waals surface area (Å²) in [4.78, 5) is 12.0. The van der Waals surface area contributed by atoms with E-state index in [1.165, 1.54) is 6.42 Å². The van der Waals surface area contributed by atoms with Gasteiger partial charge in [-0.25, -0.2) is 4.39 Å². The summed E-state index contributed by atoms with van der Waals surface area (Å²) in [6, 6.07) is 5.57. The third-order valence-corrected chi connectivity index (χ3v) is 4.27. The average Bonchev–Trinajstić information content (AvgIpc) is 2.92. The second-order valence-electron chi connectivity index (χ2n) is 4.91. The van der Waals surface area contributed by atoms with E-state index in [0.29, 0.717) is 22.0 Å². The maximum atomic E-state index is 13.7. The van der Waals surface area contributed by atoms with Gasteiger partial charge in [-0.05, 0) is 46.3 Å². The zero-order valence-corrected chi connectivity index (χ0v) is 10.8. The zero-order chi connectivity index (χ0) is 12.0. The van der Waals surface area contributed by atoms with E-state index in [2.05, 4.69) is 21.2 Å². The van der Waals surface area contributed by atoms with E-state index in [4.69, 9.17) is 0 Å². The van der Waals surface area contributed by atoms with Crippen molar-refractivity contribution in [1.29, 1.82) is 0 Å². The minimum Gasteiger partial charge on any atom is -0.304 e. The van der Waals surface area contributed by atoms with E-state index >= 15 is 0 Å². The van der Waals surface area contributed by atoms with Gasteiger partial charge in [-0.15, -0.1) is 0 Å². The number of piperidine rings is 1. The van der Waals surface area contributed by atoms with Gasteiger partial charge in [0.15, 0.2) is 5.78 Å². The second-order valence-corrected chi connectivity index (χ2v) is 5.77. The number of benzene rings is 1. The molecule has 0 aromatic heterocycles. The van der Waals surface area contributed by atoms with Crippen LogP contribution in [0.2, 0.25) is 0 Å². The maximum Gasteiger partial charge on any atom is 0.154 e. The number of nitrogens with one attached hydrogen (secondary N) is 1. The molecule has 1 aromatic carbocycles. The first-order valence-electron chi connectivity index (χ1n) is 5.87. The molecule has 17 heavy (non-hydrogen) atoms. The number of hydrogen-bond donors (Lipinski definition) is 1. The van der Waals surface area contributed by atoms with Crippen molar-refractivity contribution in [2.24, 2.45) is 5.92 Å². The summed E-state index contributed by atoms with van der Waals surface area (Å²) in [7, 11) is 0. The van der Waals surface area contributed by atoms with Crippen molar-refractivity contribution in [3.05, 3.63) is 34.1 Å². The lowest BCUT2D eigenvalue weighted by Gasteiger charge is -2.12. The van der Waals surface area contributed by atoms with Crippen LogP contribution >= 0.6 is 15.9 Å². The molecule has 1 aromatic rings. The first-order valence-corrected chi connectivity index (χ1v) is 6.66. The average molecular weight is 298 g/mol. The Morgan fingerprint density at radius 2 is 2.29 bits per heavy atom. The third-order valence-electron chi connectivity index (χ3n) is 3.66. The van der Waals surface area contributed by atoms with Crippen LogP contribution in [0, 0.1) is 11.7 Å². The lowest BCUT2D eigenvalue weighted by atomic mass is 10.0. The topological polar surface area (TPSA) is 29.1 Å². The Bertz CT molecular complexity index is 466. The largest absolute Gasteiger partial charge is 0.304 e. The Hall–Kier alpha value is -0.740. The van der Waals surface area contributed by atoms with E-state index in [-0.39, 0.29) is 24.1 Å². The quantitative estimate of drug-likeness (QED) is 0.928. The molecule has 0 radical (unpaired) electrons. The third kappa shape index (κ3) is 2.16. The van der Waals surface area contributed by atoms with Crippen LogP contribution in [-0.4, -0.2) is 17.9 Å². The van der Waals surface area contributed by atoms with E-state index in [1.54, 1.807) is 18.2 Å². The lowest BCUT2D eigenvalue weighted by molar-refractivity contribution is -0.120. The maximum absolute atomic E-state index is 13.7. The van der Waals surface area contributed by atoms with Crippen LogP contribution in [0.3, 0.4) is 0 Å². The molecule has 2 nitrogen and oxygen atoms in total. The Balaban J connectivity index is 1.69. The fourth-order valence-electron chi connectivity index (χ4n) is 2.56. The van der Waals surface area contributed by atoms with Gasteiger partial charge >= 0.3 is 0 Å². The number of hydrogen-bond acceptors (Lipinski definition) is 2. The van der Waals surface area contributed by atoms with Crippen molar-refractivity contribution in [3.8, 4) is 0 Å². The van der Waals surface area contributed by atoms with E-state index in [0.717, 1.165) is 6.42 Å². The highest BCUT2D eigenvalue weighted by molar-refractivity contribution is 9.10. The molecule has 2 fully saturated rings. The van der Waals surface area contributed by atoms with Gasteiger partial charge in [0.05, 0.1) is 10.5 Å². The molecular weight excluding hydrogens is 285 g/mol. The van der Waals surface area contributed by atoms with Crippen LogP contribution in [0.4, 0.5) is 4.39 Å². The van der Waals surface area contributed by atoms with Crippen LogP contribution in [-0.2, 0) is 11.2 Å². The van der Waals surface area contributed by atoms with Gasteiger partial charge in [-0.2, -0.15) is 0 Å². The molecule has 2 aliphatic rings. The van der Waals surface area contributed by atoms with Gasteiger partial charge < -0.3 is 5.32 Å². The van der Waals surface area contributed by atoms with Crippen molar-refractivity contribution in [2.75, 3.05) is 0 Å². The van der Waals surface area contributed by atoms with Gasteiger partial charge in [-0.1, -0.05) is 12.1 Å². The fraction of sp³-hybridized carbons (Fsp3) is 0.462. The SMILES string of the molecule is O=C(Cc1cccc(Br)c1F)[C@@H]1C[C@H]2C[C@H]2N1. The molecule has 1 aliphatic carbocycles. The first kappa shape index (κ1) is 11.4. The summed E-state index contributed by atoms with van der Waals surface area (Å²) in [5.74, 6) is 0.481. The smallest absolute Gasteiger partial charge is 0.154 e. The summed E-state index contributed by atoms with van der Waals surface area (Å²) in [6.45, 7) is 0. The zero-order valence-electron chi connectivity index (χ0n) is 9.25. The number of carbonyl (C=O) groups is 1. The minimum absolute atomic E-state index is 0.0582. The van der Waals surface area contributed by atoms with Crippen molar-refractivity contribution in [3.63, 3.8) is 0 Å². The number of ketones is 1. The van der Waals surface area contributed by atoms with Crippen molar-refractivity contribution < 1.29 is 9.18 Å².